The van der Waals surface area contributed by atoms with Gasteiger partial charge in [0.2, 0.25) is 5.91 Å². The fraction of sp³-hybridized carbons (Fsp3) is 0.632. The lowest BCUT2D eigenvalue weighted by atomic mass is 9.99. The zero-order chi connectivity index (χ0) is 17.8. The Kier molecular flexibility index (Phi) is 5.99. The summed E-state index contributed by atoms with van der Waals surface area (Å²) in [6.07, 6.45) is 6.00. The minimum atomic E-state index is -0.152. The molecule has 3 rings (SSSR count). The van der Waals surface area contributed by atoms with Crippen LogP contribution in [0.2, 0.25) is 0 Å². The predicted octanol–water partition coefficient (Wildman–Crippen LogP) is 3.06. The largest absolute Gasteiger partial charge is 0.342 e. The SMILES string of the molecule is CC1CCN(C(=O)[C@@H](C)Sc2ccc(C(=O)N3CCCC3)cn2)CC1. The molecule has 3 heterocycles. The molecule has 0 unspecified atom stereocenters. The van der Waals surface area contributed by atoms with E-state index >= 15 is 0 Å². The molecule has 0 aromatic carbocycles. The minimum absolute atomic E-state index is 0.0631. The first kappa shape index (κ1) is 18.2. The van der Waals surface area contributed by atoms with E-state index in [0.29, 0.717) is 5.56 Å². The van der Waals surface area contributed by atoms with Gasteiger partial charge in [0.1, 0.15) is 0 Å². The van der Waals surface area contributed by atoms with Gasteiger partial charge >= 0.3 is 0 Å². The lowest BCUT2D eigenvalue weighted by Crippen LogP contribution is -2.41. The molecule has 0 radical (unpaired) electrons. The van der Waals surface area contributed by atoms with Gasteiger partial charge in [-0.3, -0.25) is 9.59 Å². The van der Waals surface area contributed by atoms with Crippen molar-refractivity contribution in [3.05, 3.63) is 23.9 Å². The van der Waals surface area contributed by atoms with E-state index in [4.69, 9.17) is 0 Å². The molecule has 0 N–H and O–H groups in total. The average molecular weight is 362 g/mol. The number of carbonyl (C=O) groups is 2. The van der Waals surface area contributed by atoms with Crippen LogP contribution in [0.15, 0.2) is 23.4 Å². The summed E-state index contributed by atoms with van der Waals surface area (Å²) < 4.78 is 0. The summed E-state index contributed by atoms with van der Waals surface area (Å²) >= 11 is 1.47. The molecule has 5 nitrogen and oxygen atoms in total. The highest BCUT2D eigenvalue weighted by molar-refractivity contribution is 8.00. The smallest absolute Gasteiger partial charge is 0.255 e. The van der Waals surface area contributed by atoms with Crippen molar-refractivity contribution in [3.8, 4) is 0 Å². The Hall–Kier alpha value is -1.56. The number of pyridine rings is 1. The molecule has 2 saturated heterocycles. The zero-order valence-corrected chi connectivity index (χ0v) is 15.9. The molecule has 6 heteroatoms. The van der Waals surface area contributed by atoms with E-state index in [-0.39, 0.29) is 17.1 Å². The van der Waals surface area contributed by atoms with Gasteiger partial charge in [-0.2, -0.15) is 0 Å². The maximum atomic E-state index is 12.6. The molecule has 1 atom stereocenters. The third kappa shape index (κ3) is 4.54. The van der Waals surface area contributed by atoms with Gasteiger partial charge in [-0.25, -0.2) is 4.98 Å². The number of rotatable bonds is 4. The lowest BCUT2D eigenvalue weighted by Gasteiger charge is -2.32. The van der Waals surface area contributed by atoms with Crippen LogP contribution in [0.5, 0.6) is 0 Å². The molecule has 0 aliphatic carbocycles. The van der Waals surface area contributed by atoms with Crippen LogP contribution in [0.3, 0.4) is 0 Å². The highest BCUT2D eigenvalue weighted by Gasteiger charge is 2.25. The van der Waals surface area contributed by atoms with Crippen molar-refractivity contribution in [2.75, 3.05) is 26.2 Å². The monoisotopic (exact) mass is 361 g/mol. The number of hydrogen-bond donors (Lipinski definition) is 0. The maximum absolute atomic E-state index is 12.6. The standard InChI is InChI=1S/C19H27N3O2S/c1-14-7-11-22(12-8-14)18(23)15(2)25-17-6-5-16(13-20-17)19(24)21-9-3-4-10-21/h5-6,13-15H,3-4,7-12H2,1-2H3/t15-/m1/s1. The molecular weight excluding hydrogens is 334 g/mol. The number of carbonyl (C=O) groups excluding carboxylic acids is 2. The van der Waals surface area contributed by atoms with Crippen molar-refractivity contribution in [1.29, 1.82) is 0 Å². The zero-order valence-electron chi connectivity index (χ0n) is 15.1. The third-order valence-electron chi connectivity index (χ3n) is 5.12. The number of hydrogen-bond acceptors (Lipinski definition) is 4. The van der Waals surface area contributed by atoms with Crippen molar-refractivity contribution >= 4 is 23.6 Å². The van der Waals surface area contributed by atoms with Crippen molar-refractivity contribution in [3.63, 3.8) is 0 Å². The Balaban J connectivity index is 1.55. The number of likely N-dealkylation sites (tertiary alicyclic amines) is 2. The molecule has 0 bridgehead atoms. The third-order valence-corrected chi connectivity index (χ3v) is 6.16. The Morgan fingerprint density at radius 3 is 2.40 bits per heavy atom. The van der Waals surface area contributed by atoms with Gasteiger partial charge in [-0.1, -0.05) is 18.7 Å². The summed E-state index contributed by atoms with van der Waals surface area (Å²) in [6, 6.07) is 3.69. The van der Waals surface area contributed by atoms with E-state index in [1.54, 1.807) is 6.20 Å². The number of aromatic nitrogens is 1. The van der Waals surface area contributed by atoms with E-state index in [2.05, 4.69) is 11.9 Å². The molecule has 25 heavy (non-hydrogen) atoms. The predicted molar refractivity (Wildman–Crippen MR) is 99.7 cm³/mol. The van der Waals surface area contributed by atoms with Gasteiger partial charge in [0, 0.05) is 32.4 Å². The Morgan fingerprint density at radius 1 is 1.12 bits per heavy atom. The van der Waals surface area contributed by atoms with Crippen molar-refractivity contribution in [1.82, 2.24) is 14.8 Å². The van der Waals surface area contributed by atoms with E-state index in [9.17, 15) is 9.59 Å². The molecule has 136 valence electrons. The molecule has 0 spiro atoms. The van der Waals surface area contributed by atoms with Crippen LogP contribution in [0.1, 0.15) is 49.9 Å². The summed E-state index contributed by atoms with van der Waals surface area (Å²) in [5, 5.41) is 0.644. The second-order valence-electron chi connectivity index (χ2n) is 7.15. The summed E-state index contributed by atoms with van der Waals surface area (Å²) in [7, 11) is 0. The summed E-state index contributed by atoms with van der Waals surface area (Å²) in [5.74, 6) is 0.971. The molecule has 2 aliphatic heterocycles. The molecule has 0 saturated carbocycles. The first-order valence-electron chi connectivity index (χ1n) is 9.25. The molecule has 2 aliphatic rings. The average Bonchev–Trinajstić information content (AvgIpc) is 3.16. The van der Waals surface area contributed by atoms with Crippen LogP contribution in [-0.2, 0) is 4.79 Å². The Bertz CT molecular complexity index is 606. The van der Waals surface area contributed by atoms with Crippen molar-refractivity contribution in [2.45, 2.75) is 49.8 Å². The van der Waals surface area contributed by atoms with Crippen LogP contribution in [-0.4, -0.2) is 58.0 Å². The number of nitrogens with zero attached hydrogens (tertiary/aromatic N) is 3. The van der Waals surface area contributed by atoms with E-state index < -0.39 is 0 Å². The maximum Gasteiger partial charge on any atom is 0.255 e. The summed E-state index contributed by atoms with van der Waals surface area (Å²) in [5.41, 5.74) is 0.634. The quantitative estimate of drug-likeness (QED) is 0.774. The van der Waals surface area contributed by atoms with Gasteiger partial charge < -0.3 is 9.80 Å². The fourth-order valence-corrected chi connectivity index (χ4v) is 4.27. The van der Waals surface area contributed by atoms with Crippen LogP contribution in [0, 0.1) is 5.92 Å². The first-order chi connectivity index (χ1) is 12.0. The van der Waals surface area contributed by atoms with E-state index in [0.717, 1.165) is 62.8 Å². The fourth-order valence-electron chi connectivity index (χ4n) is 3.40. The van der Waals surface area contributed by atoms with Crippen LogP contribution >= 0.6 is 11.8 Å². The molecule has 2 amide bonds. The highest BCUT2D eigenvalue weighted by Crippen LogP contribution is 2.25. The molecular formula is C19H27N3O2S. The van der Waals surface area contributed by atoms with E-state index in [1.807, 2.05) is 28.9 Å². The Morgan fingerprint density at radius 2 is 1.80 bits per heavy atom. The van der Waals surface area contributed by atoms with Gasteiger partial charge in [0.25, 0.3) is 5.91 Å². The normalized spacial score (nSPS) is 19.9. The van der Waals surface area contributed by atoms with Crippen molar-refractivity contribution in [2.24, 2.45) is 5.92 Å². The highest BCUT2D eigenvalue weighted by atomic mass is 32.2. The topological polar surface area (TPSA) is 53.5 Å². The number of thioether (sulfide) groups is 1. The van der Waals surface area contributed by atoms with E-state index in [1.165, 1.54) is 11.8 Å². The van der Waals surface area contributed by atoms with Gasteiger partial charge in [0.05, 0.1) is 15.8 Å². The van der Waals surface area contributed by atoms with Crippen molar-refractivity contribution < 1.29 is 9.59 Å². The lowest BCUT2D eigenvalue weighted by molar-refractivity contribution is -0.131. The number of amides is 2. The minimum Gasteiger partial charge on any atom is -0.342 e. The first-order valence-corrected chi connectivity index (χ1v) is 10.1. The van der Waals surface area contributed by atoms with Crippen LogP contribution in [0.4, 0.5) is 0 Å². The van der Waals surface area contributed by atoms with Gasteiger partial charge in [0.15, 0.2) is 0 Å². The molecule has 1 aromatic heterocycles. The molecule has 1 aromatic rings. The van der Waals surface area contributed by atoms with Crippen LogP contribution in [0.25, 0.3) is 0 Å². The van der Waals surface area contributed by atoms with Crippen LogP contribution < -0.4 is 0 Å². The number of piperidine rings is 1. The second-order valence-corrected chi connectivity index (χ2v) is 8.51. The van der Waals surface area contributed by atoms with Gasteiger partial charge in [-0.15, -0.1) is 0 Å². The Labute approximate surface area is 154 Å². The van der Waals surface area contributed by atoms with Gasteiger partial charge in [-0.05, 0) is 50.7 Å². The summed E-state index contributed by atoms with van der Waals surface area (Å²) in [4.78, 5) is 33.2. The summed E-state index contributed by atoms with van der Waals surface area (Å²) in [6.45, 7) is 7.60. The second kappa shape index (κ2) is 8.21. The molecule has 2 fully saturated rings.